The Morgan fingerprint density at radius 3 is 2.43 bits per heavy atom. The van der Waals surface area contributed by atoms with Crippen molar-refractivity contribution in [1.29, 1.82) is 0 Å². The summed E-state index contributed by atoms with van der Waals surface area (Å²) in [7, 11) is 0. The summed E-state index contributed by atoms with van der Waals surface area (Å²) in [4.78, 5) is 12.1. The maximum Gasteiger partial charge on any atom is 0.387 e. The molecule has 0 aliphatic heterocycles. The topological polar surface area (TPSA) is 64.1 Å². The van der Waals surface area contributed by atoms with Crippen LogP contribution >= 0.6 is 11.3 Å². The van der Waals surface area contributed by atoms with Gasteiger partial charge in [-0.15, -0.1) is 10.2 Å². The standard InChI is InChI=1S/C15H17F2N3O2S/c1-3-9(4-2)13-19-20-15(23-13)18-12(21)10-5-7-11(8-6-10)22-14(16)17/h5-9,14H,3-4H2,1-2H3,(H,18,20,21). The van der Waals surface area contributed by atoms with Crippen LogP contribution in [0.1, 0.15) is 48.0 Å². The SMILES string of the molecule is CCC(CC)c1nnc(NC(=O)c2ccc(OC(F)F)cc2)s1. The lowest BCUT2D eigenvalue weighted by molar-refractivity contribution is -0.0498. The third-order valence-corrected chi connectivity index (χ3v) is 4.34. The van der Waals surface area contributed by atoms with E-state index >= 15 is 0 Å². The molecule has 1 N–H and O–H groups in total. The number of hydrogen-bond acceptors (Lipinski definition) is 5. The lowest BCUT2D eigenvalue weighted by Crippen LogP contribution is -2.11. The van der Waals surface area contributed by atoms with E-state index in [1.54, 1.807) is 0 Å². The van der Waals surface area contributed by atoms with E-state index in [0.717, 1.165) is 17.8 Å². The van der Waals surface area contributed by atoms with Gasteiger partial charge in [0.1, 0.15) is 10.8 Å². The monoisotopic (exact) mass is 341 g/mol. The number of carbonyl (C=O) groups excluding carboxylic acids is 1. The number of ether oxygens (including phenoxy) is 1. The Hall–Kier alpha value is -2.09. The van der Waals surface area contributed by atoms with Crippen LogP contribution in [0.5, 0.6) is 5.75 Å². The van der Waals surface area contributed by atoms with Gasteiger partial charge in [-0.2, -0.15) is 8.78 Å². The van der Waals surface area contributed by atoms with E-state index < -0.39 is 6.61 Å². The molecule has 0 aliphatic carbocycles. The van der Waals surface area contributed by atoms with E-state index in [1.807, 2.05) is 0 Å². The molecule has 8 heteroatoms. The van der Waals surface area contributed by atoms with E-state index in [4.69, 9.17) is 0 Å². The molecule has 23 heavy (non-hydrogen) atoms. The van der Waals surface area contributed by atoms with Gasteiger partial charge in [0.05, 0.1) is 0 Å². The Balaban J connectivity index is 2.01. The number of nitrogens with one attached hydrogen (secondary N) is 1. The molecule has 5 nitrogen and oxygen atoms in total. The molecule has 0 unspecified atom stereocenters. The molecule has 2 aromatic rings. The highest BCUT2D eigenvalue weighted by molar-refractivity contribution is 7.15. The van der Waals surface area contributed by atoms with E-state index in [1.165, 1.54) is 35.6 Å². The number of alkyl halides is 2. The Morgan fingerprint density at radius 1 is 1.22 bits per heavy atom. The number of hydrogen-bond donors (Lipinski definition) is 1. The number of amides is 1. The van der Waals surface area contributed by atoms with Crippen LogP contribution in [-0.4, -0.2) is 22.7 Å². The minimum absolute atomic E-state index is 0.00323. The van der Waals surface area contributed by atoms with Crippen LogP contribution in [0.2, 0.25) is 0 Å². The van der Waals surface area contributed by atoms with Gasteiger partial charge in [0.15, 0.2) is 0 Å². The lowest BCUT2D eigenvalue weighted by atomic mass is 10.1. The van der Waals surface area contributed by atoms with Crippen LogP contribution in [-0.2, 0) is 0 Å². The minimum Gasteiger partial charge on any atom is -0.435 e. The molecule has 0 aliphatic rings. The van der Waals surface area contributed by atoms with Gasteiger partial charge in [-0.05, 0) is 37.1 Å². The summed E-state index contributed by atoms with van der Waals surface area (Å²) < 4.78 is 28.4. The first-order chi connectivity index (χ1) is 11.0. The van der Waals surface area contributed by atoms with E-state index in [9.17, 15) is 13.6 Å². The van der Waals surface area contributed by atoms with Crippen molar-refractivity contribution in [3.8, 4) is 5.75 Å². The average molecular weight is 341 g/mol. The van der Waals surface area contributed by atoms with Crippen molar-refractivity contribution in [2.24, 2.45) is 0 Å². The highest BCUT2D eigenvalue weighted by Gasteiger charge is 2.15. The fraction of sp³-hybridized carbons (Fsp3) is 0.400. The quantitative estimate of drug-likeness (QED) is 0.816. The molecule has 1 aromatic heterocycles. The zero-order valence-corrected chi connectivity index (χ0v) is 13.6. The first-order valence-corrected chi connectivity index (χ1v) is 8.04. The number of halogens is 2. The van der Waals surface area contributed by atoms with Gasteiger partial charge in [0.25, 0.3) is 5.91 Å². The second-order valence-corrected chi connectivity index (χ2v) is 5.82. The molecule has 0 saturated heterocycles. The number of carbonyl (C=O) groups is 1. The molecular weight excluding hydrogens is 324 g/mol. The summed E-state index contributed by atoms with van der Waals surface area (Å²) in [6, 6.07) is 5.46. The third-order valence-electron chi connectivity index (χ3n) is 3.34. The summed E-state index contributed by atoms with van der Waals surface area (Å²) in [5.41, 5.74) is 0.325. The van der Waals surface area contributed by atoms with Gasteiger partial charge < -0.3 is 4.74 Å². The highest BCUT2D eigenvalue weighted by Crippen LogP contribution is 2.28. The van der Waals surface area contributed by atoms with Gasteiger partial charge in [0, 0.05) is 11.5 Å². The van der Waals surface area contributed by atoms with Crippen molar-refractivity contribution in [2.45, 2.75) is 39.2 Å². The number of benzene rings is 1. The summed E-state index contributed by atoms with van der Waals surface area (Å²) in [6.45, 7) is 1.27. The molecule has 124 valence electrons. The van der Waals surface area contributed by atoms with Crippen LogP contribution in [0, 0.1) is 0 Å². The van der Waals surface area contributed by atoms with Crippen molar-refractivity contribution in [1.82, 2.24) is 10.2 Å². The normalized spacial score (nSPS) is 11.0. The first-order valence-electron chi connectivity index (χ1n) is 7.23. The van der Waals surface area contributed by atoms with Crippen molar-refractivity contribution in [3.05, 3.63) is 34.8 Å². The zero-order valence-electron chi connectivity index (χ0n) is 12.8. The minimum atomic E-state index is -2.89. The first kappa shape index (κ1) is 17.3. The molecule has 0 spiro atoms. The molecule has 0 bridgehead atoms. The highest BCUT2D eigenvalue weighted by atomic mass is 32.1. The van der Waals surface area contributed by atoms with Gasteiger partial charge in [-0.1, -0.05) is 25.2 Å². The molecule has 0 atom stereocenters. The van der Waals surface area contributed by atoms with E-state index in [0.29, 0.717) is 16.6 Å². The van der Waals surface area contributed by atoms with Crippen LogP contribution < -0.4 is 10.1 Å². The van der Waals surface area contributed by atoms with Gasteiger partial charge in [0.2, 0.25) is 5.13 Å². The smallest absolute Gasteiger partial charge is 0.387 e. The Bertz CT molecular complexity index is 642. The van der Waals surface area contributed by atoms with Crippen LogP contribution in [0.25, 0.3) is 0 Å². The molecule has 0 saturated carbocycles. The zero-order chi connectivity index (χ0) is 16.8. The fourth-order valence-electron chi connectivity index (χ4n) is 2.05. The molecule has 2 rings (SSSR count). The average Bonchev–Trinajstić information content (AvgIpc) is 2.97. The Morgan fingerprint density at radius 2 is 1.87 bits per heavy atom. The predicted molar refractivity (Wildman–Crippen MR) is 84.3 cm³/mol. The third kappa shape index (κ3) is 4.69. The fourth-order valence-corrected chi connectivity index (χ4v) is 3.05. The van der Waals surface area contributed by atoms with Gasteiger partial charge in [-0.3, -0.25) is 10.1 Å². The van der Waals surface area contributed by atoms with Crippen molar-refractivity contribution >= 4 is 22.4 Å². The molecule has 0 fully saturated rings. The predicted octanol–water partition coefficient (Wildman–Crippen LogP) is 4.30. The molecular formula is C15H17F2N3O2S. The van der Waals surface area contributed by atoms with Crippen molar-refractivity contribution in [3.63, 3.8) is 0 Å². The van der Waals surface area contributed by atoms with Gasteiger partial charge in [-0.25, -0.2) is 0 Å². The molecule has 1 aromatic carbocycles. The lowest BCUT2D eigenvalue weighted by Gasteiger charge is -2.06. The maximum absolute atomic E-state index is 12.1. The Labute approximate surface area is 136 Å². The summed E-state index contributed by atoms with van der Waals surface area (Å²) in [5.74, 6) is -0.0340. The van der Waals surface area contributed by atoms with E-state index in [2.05, 4.69) is 34.1 Å². The molecule has 1 heterocycles. The second kappa shape index (κ2) is 7.96. The van der Waals surface area contributed by atoms with Crippen LogP contribution in [0.15, 0.2) is 24.3 Å². The summed E-state index contributed by atoms with van der Waals surface area (Å²) in [6.07, 6.45) is 1.93. The van der Waals surface area contributed by atoms with Gasteiger partial charge >= 0.3 is 6.61 Å². The largest absolute Gasteiger partial charge is 0.435 e. The Kier molecular flexibility index (Phi) is 5.97. The number of nitrogens with zero attached hydrogens (tertiary/aromatic N) is 2. The summed E-state index contributed by atoms with van der Waals surface area (Å²) >= 11 is 1.35. The van der Waals surface area contributed by atoms with E-state index in [-0.39, 0.29) is 11.7 Å². The van der Waals surface area contributed by atoms with Crippen LogP contribution in [0.3, 0.4) is 0 Å². The van der Waals surface area contributed by atoms with Crippen LogP contribution in [0.4, 0.5) is 13.9 Å². The number of rotatable bonds is 7. The molecule has 0 radical (unpaired) electrons. The van der Waals surface area contributed by atoms with Crippen molar-refractivity contribution in [2.75, 3.05) is 5.32 Å². The number of anilines is 1. The number of aromatic nitrogens is 2. The maximum atomic E-state index is 12.1. The van der Waals surface area contributed by atoms with Crippen molar-refractivity contribution < 1.29 is 18.3 Å². The molecule has 1 amide bonds. The second-order valence-electron chi connectivity index (χ2n) is 4.82. The summed E-state index contributed by atoms with van der Waals surface area (Å²) in [5, 5.41) is 12.0.